The molecule has 6 heteroatoms. The van der Waals surface area contributed by atoms with Crippen molar-refractivity contribution in [1.82, 2.24) is 14.7 Å². The molecular formula is C17H25N3O2S. The van der Waals surface area contributed by atoms with Gasteiger partial charge in [-0.2, -0.15) is 0 Å². The molecule has 3 heterocycles. The van der Waals surface area contributed by atoms with Gasteiger partial charge in [0.05, 0.1) is 12.5 Å². The highest BCUT2D eigenvalue weighted by Gasteiger charge is 2.43. The Bertz CT molecular complexity index is 598. The quantitative estimate of drug-likeness (QED) is 0.836. The maximum atomic E-state index is 12.7. The van der Waals surface area contributed by atoms with Crippen LogP contribution in [0.15, 0.2) is 12.1 Å². The average Bonchev–Trinajstić information content (AvgIpc) is 3.08. The topological polar surface area (TPSA) is 43.9 Å². The fourth-order valence-corrected chi connectivity index (χ4v) is 4.51. The third-order valence-corrected chi connectivity index (χ3v) is 5.90. The van der Waals surface area contributed by atoms with E-state index >= 15 is 0 Å². The summed E-state index contributed by atoms with van der Waals surface area (Å²) in [5, 5.41) is 0. The summed E-state index contributed by atoms with van der Waals surface area (Å²) < 4.78 is 0. The zero-order chi connectivity index (χ0) is 16.6. The van der Waals surface area contributed by atoms with Gasteiger partial charge >= 0.3 is 0 Å². The number of carbonyl (C=O) groups excluding carboxylic acids is 2. The van der Waals surface area contributed by atoms with Gasteiger partial charge in [-0.1, -0.05) is 0 Å². The zero-order valence-corrected chi connectivity index (χ0v) is 14.9. The minimum atomic E-state index is 0.000661. The molecule has 0 unspecified atom stereocenters. The van der Waals surface area contributed by atoms with Crippen molar-refractivity contribution in [2.75, 3.05) is 40.3 Å². The summed E-state index contributed by atoms with van der Waals surface area (Å²) in [6.07, 6.45) is 1.01. The van der Waals surface area contributed by atoms with Crippen molar-refractivity contribution in [3.05, 3.63) is 21.9 Å². The largest absolute Gasteiger partial charge is 0.347 e. The first kappa shape index (κ1) is 16.5. The van der Waals surface area contributed by atoms with Gasteiger partial charge in [0.25, 0.3) is 0 Å². The van der Waals surface area contributed by atoms with E-state index in [2.05, 4.69) is 24.0 Å². The Morgan fingerprint density at radius 3 is 2.78 bits per heavy atom. The Balaban J connectivity index is 1.60. The van der Waals surface area contributed by atoms with Crippen LogP contribution in [0.25, 0.3) is 0 Å². The molecule has 2 aliphatic rings. The van der Waals surface area contributed by atoms with Crippen molar-refractivity contribution < 1.29 is 9.59 Å². The van der Waals surface area contributed by atoms with E-state index in [1.165, 1.54) is 9.75 Å². The summed E-state index contributed by atoms with van der Waals surface area (Å²) in [5.41, 5.74) is 0. The lowest BCUT2D eigenvalue weighted by Crippen LogP contribution is -2.49. The number of aryl methyl sites for hydroxylation is 1. The second-order valence-corrected chi connectivity index (χ2v) is 8.28. The van der Waals surface area contributed by atoms with E-state index in [1.54, 1.807) is 23.9 Å². The maximum absolute atomic E-state index is 12.7. The molecule has 2 fully saturated rings. The van der Waals surface area contributed by atoms with Crippen LogP contribution in [-0.4, -0.2) is 66.8 Å². The highest BCUT2D eigenvalue weighted by atomic mass is 32.1. The summed E-state index contributed by atoms with van der Waals surface area (Å²) in [6.45, 7) is 5.83. The number of piperidine rings is 1. The van der Waals surface area contributed by atoms with Crippen LogP contribution in [0.3, 0.4) is 0 Å². The Hall–Kier alpha value is -1.40. The molecule has 5 nitrogen and oxygen atoms in total. The van der Waals surface area contributed by atoms with E-state index in [-0.39, 0.29) is 24.3 Å². The Labute approximate surface area is 141 Å². The minimum Gasteiger partial charge on any atom is -0.347 e. The third kappa shape index (κ3) is 3.58. The Kier molecular flexibility index (Phi) is 4.73. The molecule has 2 amide bonds. The van der Waals surface area contributed by atoms with E-state index in [4.69, 9.17) is 0 Å². The summed E-state index contributed by atoms with van der Waals surface area (Å²) in [7, 11) is 3.47. The minimum absolute atomic E-state index is 0.000661. The molecule has 0 N–H and O–H groups in total. The second-order valence-electron chi connectivity index (χ2n) is 6.91. The van der Waals surface area contributed by atoms with E-state index in [9.17, 15) is 9.59 Å². The van der Waals surface area contributed by atoms with Crippen LogP contribution in [0, 0.1) is 18.8 Å². The summed E-state index contributed by atoms with van der Waals surface area (Å²) in [6, 6.07) is 4.34. The molecule has 23 heavy (non-hydrogen) atoms. The number of hydrogen-bond acceptors (Lipinski definition) is 4. The van der Waals surface area contributed by atoms with Crippen molar-refractivity contribution in [2.24, 2.45) is 11.8 Å². The summed E-state index contributed by atoms with van der Waals surface area (Å²) in [5.74, 6) is 0.691. The average molecular weight is 335 g/mol. The van der Waals surface area contributed by atoms with E-state index < -0.39 is 0 Å². The van der Waals surface area contributed by atoms with Crippen molar-refractivity contribution in [3.8, 4) is 0 Å². The van der Waals surface area contributed by atoms with Gasteiger partial charge in [0.1, 0.15) is 0 Å². The lowest BCUT2D eigenvalue weighted by molar-refractivity contribution is -0.145. The third-order valence-electron chi connectivity index (χ3n) is 4.92. The highest BCUT2D eigenvalue weighted by molar-refractivity contribution is 7.11. The number of thiophene rings is 1. The number of carbonyl (C=O) groups is 2. The van der Waals surface area contributed by atoms with Crippen LogP contribution < -0.4 is 0 Å². The van der Waals surface area contributed by atoms with E-state index in [0.29, 0.717) is 12.5 Å². The fourth-order valence-electron chi connectivity index (χ4n) is 3.58. The Morgan fingerprint density at radius 2 is 2.13 bits per heavy atom. The normalized spacial score (nSPS) is 24.8. The molecule has 2 atom stereocenters. The van der Waals surface area contributed by atoms with Gasteiger partial charge in [0, 0.05) is 50.0 Å². The molecule has 0 aliphatic carbocycles. The van der Waals surface area contributed by atoms with Crippen molar-refractivity contribution in [3.63, 3.8) is 0 Å². The van der Waals surface area contributed by atoms with Gasteiger partial charge in [-0.25, -0.2) is 0 Å². The second kappa shape index (κ2) is 6.61. The van der Waals surface area contributed by atoms with E-state index in [1.807, 2.05) is 11.3 Å². The van der Waals surface area contributed by atoms with Crippen LogP contribution in [0.5, 0.6) is 0 Å². The molecule has 1 aromatic rings. The molecular weight excluding hydrogens is 310 g/mol. The monoisotopic (exact) mass is 335 g/mol. The number of likely N-dealkylation sites (N-methyl/N-ethyl adjacent to an activating group) is 1. The number of amides is 2. The van der Waals surface area contributed by atoms with Crippen LogP contribution in [-0.2, 0) is 16.1 Å². The van der Waals surface area contributed by atoms with Gasteiger partial charge in [0.15, 0.2) is 0 Å². The van der Waals surface area contributed by atoms with Gasteiger partial charge < -0.3 is 9.80 Å². The van der Waals surface area contributed by atoms with Crippen LogP contribution in [0.2, 0.25) is 0 Å². The van der Waals surface area contributed by atoms with Gasteiger partial charge in [-0.15, -0.1) is 11.3 Å². The molecule has 126 valence electrons. The number of likely N-dealkylation sites (tertiary alicyclic amines) is 2. The molecule has 0 spiro atoms. The zero-order valence-electron chi connectivity index (χ0n) is 14.1. The number of fused-ring (bicyclic) bond motifs is 1. The van der Waals surface area contributed by atoms with Gasteiger partial charge in [-0.3, -0.25) is 14.5 Å². The van der Waals surface area contributed by atoms with Crippen molar-refractivity contribution in [2.45, 2.75) is 19.9 Å². The smallest absolute Gasteiger partial charge is 0.241 e. The molecule has 3 rings (SSSR count). The standard InChI is InChI=1S/C17H25N3O2S/c1-12-4-5-14(23-12)9-19-8-13-6-7-20(11-16(21)18(2)3)17(22)15(13)10-19/h4-5,13,15H,6-11H2,1-3H3/t13-,15-/m0/s1. The van der Waals surface area contributed by atoms with E-state index in [0.717, 1.165) is 26.1 Å². The van der Waals surface area contributed by atoms with Crippen LogP contribution in [0.4, 0.5) is 0 Å². The molecule has 0 aromatic carbocycles. The van der Waals surface area contributed by atoms with Crippen molar-refractivity contribution in [1.29, 1.82) is 0 Å². The SMILES string of the molecule is Cc1ccc(CN2C[C@@H]3CCN(CC(=O)N(C)C)C(=O)[C@H]3C2)s1. The highest BCUT2D eigenvalue weighted by Crippen LogP contribution is 2.33. The predicted molar refractivity (Wildman–Crippen MR) is 91.2 cm³/mol. The van der Waals surface area contributed by atoms with Gasteiger partial charge in [0.2, 0.25) is 11.8 Å². The molecule has 2 saturated heterocycles. The number of nitrogens with zero attached hydrogens (tertiary/aromatic N) is 3. The van der Waals surface area contributed by atoms with Crippen molar-refractivity contribution >= 4 is 23.2 Å². The molecule has 2 aliphatic heterocycles. The fraction of sp³-hybridized carbons (Fsp3) is 0.647. The first-order valence-electron chi connectivity index (χ1n) is 8.20. The number of rotatable bonds is 4. The van der Waals surface area contributed by atoms with Gasteiger partial charge in [-0.05, 0) is 31.4 Å². The first-order valence-corrected chi connectivity index (χ1v) is 9.02. The maximum Gasteiger partial charge on any atom is 0.241 e. The van der Waals surface area contributed by atoms with Crippen LogP contribution in [0.1, 0.15) is 16.2 Å². The van der Waals surface area contributed by atoms with Crippen LogP contribution >= 0.6 is 11.3 Å². The summed E-state index contributed by atoms with van der Waals surface area (Å²) in [4.78, 5) is 33.0. The Morgan fingerprint density at radius 1 is 1.35 bits per heavy atom. The molecule has 0 bridgehead atoms. The number of hydrogen-bond donors (Lipinski definition) is 0. The molecule has 0 radical (unpaired) electrons. The lowest BCUT2D eigenvalue weighted by Gasteiger charge is -2.34. The first-order chi connectivity index (χ1) is 10.9. The molecule has 0 saturated carbocycles. The molecule has 1 aromatic heterocycles. The predicted octanol–water partition coefficient (Wildman–Crippen LogP) is 1.43. The lowest BCUT2D eigenvalue weighted by atomic mass is 9.88. The summed E-state index contributed by atoms with van der Waals surface area (Å²) >= 11 is 1.83.